The van der Waals surface area contributed by atoms with Crippen molar-refractivity contribution in [3.8, 4) is 5.75 Å². The number of hydrogen-bond donors (Lipinski definition) is 2. The molecular formula is C23H22FN3O5. The van der Waals surface area contributed by atoms with Gasteiger partial charge in [0.1, 0.15) is 16.9 Å². The third-order valence-corrected chi connectivity index (χ3v) is 4.87. The van der Waals surface area contributed by atoms with Crippen LogP contribution < -0.4 is 5.32 Å². The van der Waals surface area contributed by atoms with E-state index >= 15 is 0 Å². The van der Waals surface area contributed by atoms with Gasteiger partial charge in [-0.1, -0.05) is 12.1 Å². The number of esters is 1. The fraction of sp³-hybridized carbons (Fsp3) is 0.217. The van der Waals surface area contributed by atoms with Gasteiger partial charge in [0.05, 0.1) is 13.7 Å². The molecule has 9 heteroatoms. The molecule has 3 aromatic rings. The molecule has 2 N–H and O–H groups in total. The van der Waals surface area contributed by atoms with E-state index in [1.807, 2.05) is 0 Å². The molecule has 2 amide bonds. The standard InChI is InChI=1S/C23H22FN3O5/c1-27(2)19(28)12-26-22(30)17-10-18(23(31)32-3)21(29)20-16(17)9-14(11-25-20)8-13-4-6-15(24)7-5-13/h4-7,9-11,29H,8,12H2,1-3H3,(H,26,30). The number of carbonyl (C=O) groups excluding carboxylic acids is 3. The summed E-state index contributed by atoms with van der Waals surface area (Å²) in [5, 5.41) is 13.4. The van der Waals surface area contributed by atoms with Crippen LogP contribution in [0.4, 0.5) is 4.39 Å². The first-order chi connectivity index (χ1) is 15.2. The second-order valence-corrected chi connectivity index (χ2v) is 7.33. The Bertz CT molecular complexity index is 1190. The summed E-state index contributed by atoms with van der Waals surface area (Å²) < 4.78 is 17.9. The highest BCUT2D eigenvalue weighted by Gasteiger charge is 2.22. The Morgan fingerprint density at radius 3 is 2.41 bits per heavy atom. The summed E-state index contributed by atoms with van der Waals surface area (Å²) >= 11 is 0. The predicted octanol–water partition coefficient (Wildman–Crippen LogP) is 2.27. The maximum absolute atomic E-state index is 13.2. The number of amides is 2. The van der Waals surface area contributed by atoms with Crippen molar-refractivity contribution in [2.45, 2.75) is 6.42 Å². The zero-order chi connectivity index (χ0) is 23.4. The van der Waals surface area contributed by atoms with Crippen molar-refractivity contribution in [1.29, 1.82) is 0 Å². The number of methoxy groups -OCH3 is 1. The van der Waals surface area contributed by atoms with E-state index in [-0.39, 0.29) is 34.9 Å². The van der Waals surface area contributed by atoms with Gasteiger partial charge in [-0.3, -0.25) is 14.6 Å². The van der Waals surface area contributed by atoms with E-state index in [4.69, 9.17) is 4.74 Å². The van der Waals surface area contributed by atoms with Crippen LogP contribution in [0.1, 0.15) is 31.8 Å². The molecule has 1 aromatic heterocycles. The average molecular weight is 439 g/mol. The van der Waals surface area contributed by atoms with Gasteiger partial charge in [0, 0.05) is 31.2 Å². The van der Waals surface area contributed by atoms with Gasteiger partial charge >= 0.3 is 5.97 Å². The van der Waals surface area contributed by atoms with Gasteiger partial charge in [-0.2, -0.15) is 0 Å². The lowest BCUT2D eigenvalue weighted by molar-refractivity contribution is -0.127. The first kappa shape index (κ1) is 22.7. The number of rotatable bonds is 6. The number of pyridine rings is 1. The van der Waals surface area contributed by atoms with Crippen molar-refractivity contribution >= 4 is 28.7 Å². The molecular weight excluding hydrogens is 417 g/mol. The Morgan fingerprint density at radius 1 is 1.09 bits per heavy atom. The highest BCUT2D eigenvalue weighted by molar-refractivity contribution is 6.12. The van der Waals surface area contributed by atoms with Crippen molar-refractivity contribution in [3.63, 3.8) is 0 Å². The summed E-state index contributed by atoms with van der Waals surface area (Å²) in [5.74, 6) is -2.53. The minimum absolute atomic E-state index is 0.0415. The van der Waals surface area contributed by atoms with Gasteiger partial charge in [-0.25, -0.2) is 9.18 Å². The van der Waals surface area contributed by atoms with Gasteiger partial charge in [0.25, 0.3) is 5.91 Å². The number of carbonyl (C=O) groups is 3. The monoisotopic (exact) mass is 439 g/mol. The largest absolute Gasteiger partial charge is 0.505 e. The van der Waals surface area contributed by atoms with E-state index in [2.05, 4.69) is 10.3 Å². The minimum Gasteiger partial charge on any atom is -0.505 e. The lowest BCUT2D eigenvalue weighted by atomic mass is 9.98. The third kappa shape index (κ3) is 4.83. The van der Waals surface area contributed by atoms with Gasteiger partial charge in [0.2, 0.25) is 5.91 Å². The Balaban J connectivity index is 2.07. The smallest absolute Gasteiger partial charge is 0.341 e. The van der Waals surface area contributed by atoms with E-state index in [0.717, 1.165) is 12.7 Å². The normalized spacial score (nSPS) is 10.6. The quantitative estimate of drug-likeness (QED) is 0.571. The lowest BCUT2D eigenvalue weighted by Gasteiger charge is -2.14. The number of nitrogens with zero attached hydrogens (tertiary/aromatic N) is 2. The predicted molar refractivity (Wildman–Crippen MR) is 115 cm³/mol. The van der Waals surface area contributed by atoms with Crippen molar-refractivity contribution in [2.75, 3.05) is 27.7 Å². The molecule has 1 heterocycles. The van der Waals surface area contributed by atoms with Crippen LogP contribution in [0.25, 0.3) is 10.9 Å². The Labute approximate surface area is 183 Å². The van der Waals surface area contributed by atoms with Crippen molar-refractivity contribution in [3.05, 3.63) is 70.7 Å². The number of phenols is 1. The number of benzene rings is 2. The summed E-state index contributed by atoms with van der Waals surface area (Å²) in [7, 11) is 4.28. The van der Waals surface area contributed by atoms with E-state index in [0.29, 0.717) is 17.4 Å². The summed E-state index contributed by atoms with van der Waals surface area (Å²) in [6, 6.07) is 8.84. The number of ether oxygens (including phenoxy) is 1. The molecule has 2 aromatic carbocycles. The molecule has 0 aliphatic rings. The number of aromatic nitrogens is 1. The van der Waals surface area contributed by atoms with E-state index in [1.54, 1.807) is 32.3 Å². The molecule has 0 radical (unpaired) electrons. The zero-order valence-corrected chi connectivity index (χ0v) is 17.8. The fourth-order valence-electron chi connectivity index (χ4n) is 3.12. The maximum Gasteiger partial charge on any atom is 0.341 e. The number of fused-ring (bicyclic) bond motifs is 1. The number of nitrogens with one attached hydrogen (secondary N) is 1. The highest BCUT2D eigenvalue weighted by atomic mass is 19.1. The van der Waals surface area contributed by atoms with Crippen LogP contribution in [0.5, 0.6) is 5.75 Å². The molecule has 3 rings (SSSR count). The van der Waals surface area contributed by atoms with Crippen LogP contribution in [0.2, 0.25) is 0 Å². The number of hydrogen-bond acceptors (Lipinski definition) is 6. The summed E-state index contributed by atoms with van der Waals surface area (Å²) in [6.07, 6.45) is 1.91. The van der Waals surface area contributed by atoms with Crippen molar-refractivity contribution in [2.24, 2.45) is 0 Å². The lowest BCUT2D eigenvalue weighted by Crippen LogP contribution is -2.36. The molecule has 0 saturated carbocycles. The fourth-order valence-corrected chi connectivity index (χ4v) is 3.12. The Kier molecular flexibility index (Phi) is 6.67. The number of phenolic OH excluding ortho intramolecular Hbond substituents is 1. The molecule has 0 bridgehead atoms. The van der Waals surface area contributed by atoms with Crippen molar-refractivity contribution < 1.29 is 28.6 Å². The van der Waals surface area contributed by atoms with Gasteiger partial charge < -0.3 is 20.1 Å². The molecule has 0 atom stereocenters. The molecule has 0 fully saturated rings. The Morgan fingerprint density at radius 2 is 1.78 bits per heavy atom. The molecule has 0 unspecified atom stereocenters. The topological polar surface area (TPSA) is 109 Å². The van der Waals surface area contributed by atoms with E-state index in [1.165, 1.54) is 29.3 Å². The number of halogens is 1. The van der Waals surface area contributed by atoms with Crippen LogP contribution in [-0.2, 0) is 16.0 Å². The zero-order valence-electron chi connectivity index (χ0n) is 17.8. The molecule has 0 aliphatic heterocycles. The van der Waals surface area contributed by atoms with Gasteiger partial charge in [-0.05, 0) is 41.8 Å². The first-order valence-corrected chi connectivity index (χ1v) is 9.67. The Hall–Kier alpha value is -4.01. The first-order valence-electron chi connectivity index (χ1n) is 9.67. The van der Waals surface area contributed by atoms with Crippen molar-refractivity contribution in [1.82, 2.24) is 15.2 Å². The summed E-state index contributed by atoms with van der Waals surface area (Å²) in [6.45, 7) is -0.246. The van der Waals surface area contributed by atoms with Gasteiger partial charge in [0.15, 0.2) is 5.75 Å². The maximum atomic E-state index is 13.2. The van der Waals surface area contributed by atoms with Crippen LogP contribution >= 0.6 is 0 Å². The molecule has 166 valence electrons. The second-order valence-electron chi connectivity index (χ2n) is 7.33. The molecule has 0 spiro atoms. The third-order valence-electron chi connectivity index (χ3n) is 4.87. The van der Waals surface area contributed by atoms with Crippen LogP contribution in [0, 0.1) is 5.82 Å². The minimum atomic E-state index is -0.833. The number of likely N-dealkylation sites (N-methyl/N-ethyl adjacent to an activating group) is 1. The molecule has 32 heavy (non-hydrogen) atoms. The number of aromatic hydroxyl groups is 1. The molecule has 0 aliphatic carbocycles. The van der Waals surface area contributed by atoms with E-state index in [9.17, 15) is 23.9 Å². The SMILES string of the molecule is COC(=O)c1cc(C(=O)NCC(=O)N(C)C)c2cc(Cc3ccc(F)cc3)cnc2c1O. The van der Waals surface area contributed by atoms with Gasteiger partial charge in [-0.15, -0.1) is 0 Å². The molecule has 8 nitrogen and oxygen atoms in total. The summed E-state index contributed by atoms with van der Waals surface area (Å²) in [5.41, 5.74) is 1.40. The molecule has 0 saturated heterocycles. The summed E-state index contributed by atoms with van der Waals surface area (Å²) in [4.78, 5) is 42.4. The van der Waals surface area contributed by atoms with Crippen LogP contribution in [0.15, 0.2) is 42.6 Å². The second kappa shape index (κ2) is 9.42. The van der Waals surface area contributed by atoms with Crippen LogP contribution in [-0.4, -0.2) is 60.5 Å². The highest BCUT2D eigenvalue weighted by Crippen LogP contribution is 2.32. The van der Waals surface area contributed by atoms with E-state index < -0.39 is 17.6 Å². The average Bonchev–Trinajstić information content (AvgIpc) is 2.78. The van der Waals surface area contributed by atoms with Crippen LogP contribution in [0.3, 0.4) is 0 Å².